The van der Waals surface area contributed by atoms with Gasteiger partial charge in [0, 0.05) is 17.7 Å². The molecule has 0 spiro atoms. The van der Waals surface area contributed by atoms with Crippen molar-refractivity contribution < 1.29 is 18.9 Å². The molecule has 2 aromatic carbocycles. The Kier molecular flexibility index (Phi) is 5.27. The van der Waals surface area contributed by atoms with E-state index in [0.717, 1.165) is 11.3 Å². The lowest BCUT2D eigenvalue weighted by Gasteiger charge is -1.99. The molecule has 0 saturated heterocycles. The van der Waals surface area contributed by atoms with Gasteiger partial charge < -0.3 is 9.15 Å². The molecule has 136 valence electrons. The minimum Gasteiger partial charge on any atom is -0.497 e. The van der Waals surface area contributed by atoms with Crippen LogP contribution in [0.3, 0.4) is 0 Å². The van der Waals surface area contributed by atoms with Gasteiger partial charge in [-0.2, -0.15) is 5.10 Å². The third-order valence-corrected chi connectivity index (χ3v) is 3.69. The van der Waals surface area contributed by atoms with Crippen LogP contribution in [0, 0.1) is 10.1 Å². The summed E-state index contributed by atoms with van der Waals surface area (Å²) in [6.45, 7) is 0. The van der Waals surface area contributed by atoms with Gasteiger partial charge in [0.15, 0.2) is 5.76 Å². The lowest BCUT2D eigenvalue weighted by Crippen LogP contribution is -2.16. The van der Waals surface area contributed by atoms with E-state index in [-0.39, 0.29) is 11.4 Å². The molecule has 8 heteroatoms. The van der Waals surface area contributed by atoms with E-state index in [2.05, 4.69) is 10.5 Å². The normalized spacial score (nSPS) is 10.7. The number of non-ortho nitro benzene ring substituents is 1. The number of nitro benzene ring substituents is 1. The molecule has 3 rings (SSSR count). The summed E-state index contributed by atoms with van der Waals surface area (Å²) >= 11 is 0. The second-order valence-electron chi connectivity index (χ2n) is 5.44. The lowest BCUT2D eigenvalue weighted by atomic mass is 10.1. The largest absolute Gasteiger partial charge is 0.497 e. The first-order valence-corrected chi connectivity index (χ1v) is 7.89. The Hall–Kier alpha value is -3.94. The van der Waals surface area contributed by atoms with Gasteiger partial charge in [0.05, 0.1) is 18.2 Å². The molecular formula is C19H15N3O5. The molecule has 8 nitrogen and oxygen atoms in total. The molecular weight excluding hydrogens is 350 g/mol. The molecule has 0 aliphatic carbocycles. The number of nitro groups is 1. The highest BCUT2D eigenvalue weighted by molar-refractivity contribution is 5.93. The quantitative estimate of drug-likeness (QED) is 0.408. The van der Waals surface area contributed by atoms with Crippen LogP contribution in [0.25, 0.3) is 11.3 Å². The number of nitrogens with one attached hydrogen (secondary N) is 1. The van der Waals surface area contributed by atoms with Crippen molar-refractivity contribution in [3.8, 4) is 17.1 Å². The van der Waals surface area contributed by atoms with Crippen molar-refractivity contribution in [3.63, 3.8) is 0 Å². The SMILES string of the molecule is COc1ccc(/C=N/NC(=O)c2ccc(-c3ccc([N+](=O)[O-])cc3)o2)cc1. The number of furan rings is 1. The zero-order valence-corrected chi connectivity index (χ0v) is 14.3. The molecule has 0 fully saturated rings. The summed E-state index contributed by atoms with van der Waals surface area (Å²) < 4.78 is 10.6. The summed E-state index contributed by atoms with van der Waals surface area (Å²) in [4.78, 5) is 22.3. The number of hydrogen-bond acceptors (Lipinski definition) is 6. The van der Waals surface area contributed by atoms with Crippen LogP contribution in [0.5, 0.6) is 5.75 Å². The molecule has 1 aromatic heterocycles. The van der Waals surface area contributed by atoms with Gasteiger partial charge in [0.25, 0.3) is 5.69 Å². The van der Waals surface area contributed by atoms with E-state index in [0.29, 0.717) is 11.3 Å². The summed E-state index contributed by atoms with van der Waals surface area (Å²) in [5.41, 5.74) is 3.78. The predicted octanol–water partition coefficient (Wildman–Crippen LogP) is 3.63. The van der Waals surface area contributed by atoms with Gasteiger partial charge in [-0.05, 0) is 54.1 Å². The maximum atomic E-state index is 12.1. The van der Waals surface area contributed by atoms with Gasteiger partial charge in [0.1, 0.15) is 11.5 Å². The minimum absolute atomic E-state index is 0.0175. The molecule has 0 aliphatic heterocycles. The number of carbonyl (C=O) groups is 1. The maximum absolute atomic E-state index is 12.1. The summed E-state index contributed by atoms with van der Waals surface area (Å²) in [6, 6.07) is 16.1. The van der Waals surface area contributed by atoms with Gasteiger partial charge in [-0.15, -0.1) is 0 Å². The van der Waals surface area contributed by atoms with Crippen LogP contribution >= 0.6 is 0 Å². The Bertz CT molecular complexity index is 975. The highest BCUT2D eigenvalue weighted by Crippen LogP contribution is 2.24. The van der Waals surface area contributed by atoms with Crippen LogP contribution in [0.2, 0.25) is 0 Å². The Balaban J connectivity index is 1.63. The highest BCUT2D eigenvalue weighted by atomic mass is 16.6. The van der Waals surface area contributed by atoms with Crippen LogP contribution in [0.1, 0.15) is 16.1 Å². The van der Waals surface area contributed by atoms with Crippen molar-refractivity contribution in [2.75, 3.05) is 7.11 Å². The van der Waals surface area contributed by atoms with E-state index in [1.807, 2.05) is 0 Å². The monoisotopic (exact) mass is 365 g/mol. The van der Waals surface area contributed by atoms with Crippen LogP contribution in [0.4, 0.5) is 5.69 Å². The number of hydrogen-bond donors (Lipinski definition) is 1. The summed E-state index contributed by atoms with van der Waals surface area (Å²) in [6.07, 6.45) is 1.50. The molecule has 1 amide bonds. The minimum atomic E-state index is -0.507. The average Bonchev–Trinajstić information content (AvgIpc) is 3.19. The summed E-state index contributed by atoms with van der Waals surface area (Å²) in [7, 11) is 1.58. The Labute approximate surface area is 154 Å². The van der Waals surface area contributed by atoms with Gasteiger partial charge in [0.2, 0.25) is 0 Å². The number of hydrazone groups is 1. The smallest absolute Gasteiger partial charge is 0.307 e. The van der Waals surface area contributed by atoms with Crippen molar-refractivity contribution in [2.45, 2.75) is 0 Å². The van der Waals surface area contributed by atoms with Crippen molar-refractivity contribution in [3.05, 3.63) is 82.1 Å². The van der Waals surface area contributed by atoms with Crippen LogP contribution < -0.4 is 10.2 Å². The second kappa shape index (κ2) is 7.96. The van der Waals surface area contributed by atoms with Gasteiger partial charge >= 0.3 is 5.91 Å². The Morgan fingerprint density at radius 2 is 1.81 bits per heavy atom. The molecule has 27 heavy (non-hydrogen) atoms. The van der Waals surface area contributed by atoms with Gasteiger partial charge in [-0.3, -0.25) is 14.9 Å². The van der Waals surface area contributed by atoms with Crippen molar-refractivity contribution in [2.24, 2.45) is 5.10 Å². The number of ether oxygens (including phenoxy) is 1. The van der Waals surface area contributed by atoms with Crippen LogP contribution in [-0.2, 0) is 0 Å². The topological polar surface area (TPSA) is 107 Å². The number of benzene rings is 2. The van der Waals surface area contributed by atoms with E-state index < -0.39 is 10.8 Å². The van der Waals surface area contributed by atoms with E-state index in [1.165, 1.54) is 24.4 Å². The number of amides is 1. The van der Waals surface area contributed by atoms with Gasteiger partial charge in [-0.1, -0.05) is 0 Å². The first-order valence-electron chi connectivity index (χ1n) is 7.89. The number of carbonyl (C=O) groups excluding carboxylic acids is 1. The predicted molar refractivity (Wildman–Crippen MR) is 98.9 cm³/mol. The zero-order chi connectivity index (χ0) is 19.2. The molecule has 1 heterocycles. The summed E-state index contributed by atoms with van der Waals surface area (Å²) in [5.74, 6) is 0.725. The molecule has 0 radical (unpaired) electrons. The Morgan fingerprint density at radius 1 is 1.11 bits per heavy atom. The molecule has 3 aromatic rings. The van der Waals surface area contributed by atoms with Crippen molar-refractivity contribution >= 4 is 17.8 Å². The lowest BCUT2D eigenvalue weighted by molar-refractivity contribution is -0.384. The molecule has 0 unspecified atom stereocenters. The van der Waals surface area contributed by atoms with E-state index in [1.54, 1.807) is 49.6 Å². The van der Waals surface area contributed by atoms with Crippen molar-refractivity contribution in [1.29, 1.82) is 0 Å². The first-order chi connectivity index (χ1) is 13.1. The maximum Gasteiger partial charge on any atom is 0.307 e. The number of nitrogens with zero attached hydrogens (tertiary/aromatic N) is 2. The van der Waals surface area contributed by atoms with Crippen LogP contribution in [0.15, 0.2) is 70.2 Å². The fraction of sp³-hybridized carbons (Fsp3) is 0.0526. The zero-order valence-electron chi connectivity index (χ0n) is 14.3. The second-order valence-corrected chi connectivity index (χ2v) is 5.44. The van der Waals surface area contributed by atoms with E-state index >= 15 is 0 Å². The van der Waals surface area contributed by atoms with E-state index in [9.17, 15) is 14.9 Å². The molecule has 0 saturated carbocycles. The van der Waals surface area contributed by atoms with Gasteiger partial charge in [-0.25, -0.2) is 5.43 Å². The first kappa shape index (κ1) is 17.9. The summed E-state index contributed by atoms with van der Waals surface area (Å²) in [5, 5.41) is 14.6. The highest BCUT2D eigenvalue weighted by Gasteiger charge is 2.12. The molecule has 0 atom stereocenters. The van der Waals surface area contributed by atoms with Crippen molar-refractivity contribution in [1.82, 2.24) is 5.43 Å². The fourth-order valence-corrected chi connectivity index (χ4v) is 2.27. The third-order valence-electron chi connectivity index (χ3n) is 3.69. The average molecular weight is 365 g/mol. The Morgan fingerprint density at radius 3 is 2.44 bits per heavy atom. The third kappa shape index (κ3) is 4.37. The molecule has 1 N–H and O–H groups in total. The standard InChI is InChI=1S/C19H15N3O5/c1-26-16-8-2-13(3-9-16)12-20-21-19(23)18-11-10-17(27-18)14-4-6-15(7-5-14)22(24)25/h2-12H,1H3,(H,21,23)/b20-12+. The number of methoxy groups -OCH3 is 1. The molecule has 0 aliphatic rings. The van der Waals surface area contributed by atoms with E-state index in [4.69, 9.17) is 9.15 Å². The molecule has 0 bridgehead atoms. The van der Waals surface area contributed by atoms with Crippen LogP contribution in [-0.4, -0.2) is 24.2 Å². The number of rotatable bonds is 6. The fourth-order valence-electron chi connectivity index (χ4n) is 2.27.